The molecule has 21 heavy (non-hydrogen) atoms. The van der Waals surface area contributed by atoms with Gasteiger partial charge in [0.1, 0.15) is 5.82 Å². The maximum absolute atomic E-state index is 12.9. The van der Waals surface area contributed by atoms with Crippen LogP contribution in [0.2, 0.25) is 0 Å². The van der Waals surface area contributed by atoms with Crippen molar-refractivity contribution in [1.82, 2.24) is 0 Å². The molecule has 5 heteroatoms. The SMILES string of the molecule is CC(O)c1ccc(NC(=O)N(C)c2ccc(F)cc2)cc1. The van der Waals surface area contributed by atoms with Gasteiger partial charge in [-0.05, 0) is 48.9 Å². The Balaban J connectivity index is 2.05. The molecule has 0 aliphatic carbocycles. The summed E-state index contributed by atoms with van der Waals surface area (Å²) in [5.41, 5.74) is 1.99. The molecule has 0 saturated carbocycles. The number of halogens is 1. The molecular formula is C16H17FN2O2. The summed E-state index contributed by atoms with van der Waals surface area (Å²) in [6, 6.07) is 12.3. The predicted octanol–water partition coefficient (Wildman–Crippen LogP) is 3.55. The van der Waals surface area contributed by atoms with Crippen LogP contribution in [0.5, 0.6) is 0 Å². The number of hydrogen-bond donors (Lipinski definition) is 2. The first-order valence-electron chi connectivity index (χ1n) is 6.55. The highest BCUT2D eigenvalue weighted by Crippen LogP contribution is 2.18. The Hall–Kier alpha value is -2.40. The Morgan fingerprint density at radius 1 is 1.14 bits per heavy atom. The molecule has 0 heterocycles. The molecule has 0 fully saturated rings. The van der Waals surface area contributed by atoms with Crippen molar-refractivity contribution in [3.8, 4) is 0 Å². The van der Waals surface area contributed by atoms with Gasteiger partial charge in [-0.15, -0.1) is 0 Å². The van der Waals surface area contributed by atoms with Crippen LogP contribution < -0.4 is 10.2 Å². The normalized spacial score (nSPS) is 11.8. The summed E-state index contributed by atoms with van der Waals surface area (Å²) in [5, 5.41) is 12.2. The summed E-state index contributed by atoms with van der Waals surface area (Å²) >= 11 is 0. The molecule has 110 valence electrons. The molecular weight excluding hydrogens is 271 g/mol. The lowest BCUT2D eigenvalue weighted by molar-refractivity contribution is 0.199. The third kappa shape index (κ3) is 3.79. The molecule has 2 aromatic rings. The van der Waals surface area contributed by atoms with Crippen LogP contribution in [-0.4, -0.2) is 18.2 Å². The second-order valence-corrected chi connectivity index (χ2v) is 4.76. The van der Waals surface area contributed by atoms with Crippen molar-refractivity contribution in [2.45, 2.75) is 13.0 Å². The highest BCUT2D eigenvalue weighted by molar-refractivity contribution is 6.01. The van der Waals surface area contributed by atoms with Crippen molar-refractivity contribution in [2.24, 2.45) is 0 Å². The summed E-state index contributed by atoms with van der Waals surface area (Å²) in [6.45, 7) is 1.68. The summed E-state index contributed by atoms with van der Waals surface area (Å²) in [5.74, 6) is -0.346. The van der Waals surface area contributed by atoms with Crippen molar-refractivity contribution in [2.75, 3.05) is 17.3 Å². The number of amides is 2. The van der Waals surface area contributed by atoms with Gasteiger partial charge >= 0.3 is 6.03 Å². The lowest BCUT2D eigenvalue weighted by atomic mass is 10.1. The van der Waals surface area contributed by atoms with E-state index >= 15 is 0 Å². The molecule has 0 spiro atoms. The quantitative estimate of drug-likeness (QED) is 0.907. The Morgan fingerprint density at radius 3 is 2.24 bits per heavy atom. The van der Waals surface area contributed by atoms with Crippen LogP contribution in [0, 0.1) is 5.82 Å². The van der Waals surface area contributed by atoms with Crippen LogP contribution in [-0.2, 0) is 0 Å². The minimum atomic E-state index is -0.545. The number of aliphatic hydroxyl groups is 1. The van der Waals surface area contributed by atoms with E-state index in [2.05, 4.69) is 5.32 Å². The molecule has 0 aliphatic rings. The van der Waals surface area contributed by atoms with Gasteiger partial charge < -0.3 is 10.4 Å². The van der Waals surface area contributed by atoms with Crippen LogP contribution in [0.3, 0.4) is 0 Å². The van der Waals surface area contributed by atoms with E-state index in [0.717, 1.165) is 5.56 Å². The number of anilines is 2. The van der Waals surface area contributed by atoms with E-state index in [9.17, 15) is 14.3 Å². The second-order valence-electron chi connectivity index (χ2n) is 4.76. The molecule has 1 atom stereocenters. The van der Waals surface area contributed by atoms with E-state index in [-0.39, 0.29) is 11.8 Å². The van der Waals surface area contributed by atoms with Gasteiger partial charge in [-0.1, -0.05) is 12.1 Å². The zero-order chi connectivity index (χ0) is 15.4. The van der Waals surface area contributed by atoms with Crippen molar-refractivity contribution in [3.05, 3.63) is 59.9 Å². The number of carbonyl (C=O) groups excluding carboxylic acids is 1. The average molecular weight is 288 g/mol. The highest BCUT2D eigenvalue weighted by Gasteiger charge is 2.11. The minimum Gasteiger partial charge on any atom is -0.389 e. The third-order valence-electron chi connectivity index (χ3n) is 3.16. The average Bonchev–Trinajstić information content (AvgIpc) is 2.47. The predicted molar refractivity (Wildman–Crippen MR) is 80.9 cm³/mol. The number of carbonyl (C=O) groups is 1. The molecule has 0 radical (unpaired) electrons. The van der Waals surface area contributed by atoms with E-state index in [1.54, 1.807) is 38.2 Å². The molecule has 0 bridgehead atoms. The topological polar surface area (TPSA) is 52.6 Å². The number of hydrogen-bond acceptors (Lipinski definition) is 2. The maximum atomic E-state index is 12.9. The molecule has 4 nitrogen and oxygen atoms in total. The second kappa shape index (κ2) is 6.37. The first kappa shape index (κ1) is 15.0. The number of benzene rings is 2. The molecule has 2 aromatic carbocycles. The fraction of sp³-hybridized carbons (Fsp3) is 0.188. The Kier molecular flexibility index (Phi) is 4.55. The smallest absolute Gasteiger partial charge is 0.326 e. The molecule has 2 amide bonds. The zero-order valence-corrected chi connectivity index (χ0v) is 11.9. The van der Waals surface area contributed by atoms with E-state index in [4.69, 9.17) is 0 Å². The summed E-state index contributed by atoms with van der Waals surface area (Å²) in [7, 11) is 1.60. The maximum Gasteiger partial charge on any atom is 0.326 e. The van der Waals surface area contributed by atoms with Crippen LogP contribution in [0.25, 0.3) is 0 Å². The van der Waals surface area contributed by atoms with E-state index in [1.807, 2.05) is 0 Å². The van der Waals surface area contributed by atoms with Gasteiger partial charge in [0, 0.05) is 18.4 Å². The molecule has 2 N–H and O–H groups in total. The summed E-state index contributed by atoms with van der Waals surface area (Å²) in [6.07, 6.45) is -0.545. The molecule has 2 rings (SSSR count). The third-order valence-corrected chi connectivity index (χ3v) is 3.16. The number of nitrogens with one attached hydrogen (secondary N) is 1. The largest absolute Gasteiger partial charge is 0.389 e. The van der Waals surface area contributed by atoms with Crippen molar-refractivity contribution >= 4 is 17.4 Å². The number of urea groups is 1. The van der Waals surface area contributed by atoms with E-state index < -0.39 is 6.10 Å². The van der Waals surface area contributed by atoms with E-state index in [0.29, 0.717) is 11.4 Å². The van der Waals surface area contributed by atoms with Gasteiger partial charge in [-0.3, -0.25) is 4.90 Å². The van der Waals surface area contributed by atoms with Crippen LogP contribution in [0.1, 0.15) is 18.6 Å². The summed E-state index contributed by atoms with van der Waals surface area (Å²) < 4.78 is 12.9. The van der Waals surface area contributed by atoms with Gasteiger partial charge in [0.2, 0.25) is 0 Å². The van der Waals surface area contributed by atoms with Crippen molar-refractivity contribution in [1.29, 1.82) is 0 Å². The highest BCUT2D eigenvalue weighted by atomic mass is 19.1. The van der Waals surface area contributed by atoms with Crippen LogP contribution in [0.4, 0.5) is 20.6 Å². The minimum absolute atomic E-state index is 0.327. The van der Waals surface area contributed by atoms with Crippen molar-refractivity contribution < 1.29 is 14.3 Å². The molecule has 0 aliphatic heterocycles. The van der Waals surface area contributed by atoms with Crippen LogP contribution >= 0.6 is 0 Å². The fourth-order valence-electron chi connectivity index (χ4n) is 1.83. The first-order valence-corrected chi connectivity index (χ1v) is 6.55. The number of rotatable bonds is 3. The lowest BCUT2D eigenvalue weighted by Gasteiger charge is -2.18. The van der Waals surface area contributed by atoms with Gasteiger partial charge in [0.25, 0.3) is 0 Å². The first-order chi connectivity index (χ1) is 9.97. The Labute approximate surface area is 122 Å². The van der Waals surface area contributed by atoms with Gasteiger partial charge in [0.05, 0.1) is 6.10 Å². The molecule has 0 saturated heterocycles. The van der Waals surface area contributed by atoms with Gasteiger partial charge in [-0.2, -0.15) is 0 Å². The van der Waals surface area contributed by atoms with E-state index in [1.165, 1.54) is 29.2 Å². The van der Waals surface area contributed by atoms with Crippen molar-refractivity contribution in [3.63, 3.8) is 0 Å². The number of nitrogens with zero attached hydrogens (tertiary/aromatic N) is 1. The molecule has 1 unspecified atom stereocenters. The Bertz CT molecular complexity index is 609. The zero-order valence-electron chi connectivity index (χ0n) is 11.9. The Morgan fingerprint density at radius 2 is 1.71 bits per heavy atom. The van der Waals surface area contributed by atoms with Gasteiger partial charge in [-0.25, -0.2) is 9.18 Å². The van der Waals surface area contributed by atoms with Crippen LogP contribution in [0.15, 0.2) is 48.5 Å². The lowest BCUT2D eigenvalue weighted by Crippen LogP contribution is -2.31. The van der Waals surface area contributed by atoms with Gasteiger partial charge in [0.15, 0.2) is 0 Å². The number of aliphatic hydroxyl groups excluding tert-OH is 1. The summed E-state index contributed by atoms with van der Waals surface area (Å²) in [4.78, 5) is 13.5. The monoisotopic (exact) mass is 288 g/mol. The fourth-order valence-corrected chi connectivity index (χ4v) is 1.83. The standard InChI is InChI=1S/C16H17FN2O2/c1-11(20)12-3-7-14(8-4-12)18-16(21)19(2)15-9-5-13(17)6-10-15/h3-11,20H,1-2H3,(H,18,21). The molecule has 0 aromatic heterocycles.